The van der Waals surface area contributed by atoms with E-state index in [4.69, 9.17) is 0 Å². The molecule has 0 fully saturated rings. The fourth-order valence-electron chi connectivity index (χ4n) is 2.23. The van der Waals surface area contributed by atoms with Crippen LogP contribution in [0.4, 0.5) is 5.69 Å². The number of anilines is 1. The van der Waals surface area contributed by atoms with Crippen LogP contribution in [-0.2, 0) is 21.2 Å². The Morgan fingerprint density at radius 2 is 1.83 bits per heavy atom. The molecule has 0 radical (unpaired) electrons. The number of nitrogens with one attached hydrogen (secondary N) is 1. The van der Waals surface area contributed by atoms with Crippen molar-refractivity contribution in [2.45, 2.75) is 19.8 Å². The van der Waals surface area contributed by atoms with Crippen molar-refractivity contribution in [3.05, 3.63) is 29.8 Å². The number of amides is 1. The van der Waals surface area contributed by atoms with E-state index in [0.717, 1.165) is 18.5 Å². The Labute approximate surface area is 139 Å². The average molecular weight is 341 g/mol. The molecule has 0 atom stereocenters. The Morgan fingerprint density at radius 3 is 2.39 bits per heavy atom. The Bertz CT molecular complexity index is 615. The number of carbonyl (C=O) groups is 1. The van der Waals surface area contributed by atoms with Gasteiger partial charge in [-0.1, -0.05) is 25.1 Å². The van der Waals surface area contributed by atoms with Crippen molar-refractivity contribution >= 4 is 21.6 Å². The highest BCUT2D eigenvalue weighted by molar-refractivity contribution is 7.92. The highest BCUT2D eigenvalue weighted by atomic mass is 32.2. The van der Waals surface area contributed by atoms with Crippen LogP contribution in [0.3, 0.4) is 0 Å². The van der Waals surface area contributed by atoms with Gasteiger partial charge in [0.05, 0.1) is 11.9 Å². The van der Waals surface area contributed by atoms with Crippen molar-refractivity contribution in [1.82, 2.24) is 10.2 Å². The van der Waals surface area contributed by atoms with Gasteiger partial charge < -0.3 is 10.2 Å². The number of likely N-dealkylation sites (N-methyl/N-ethyl adjacent to an activating group) is 1. The van der Waals surface area contributed by atoms with Crippen LogP contribution < -0.4 is 9.62 Å². The van der Waals surface area contributed by atoms with Crippen LogP contribution in [0, 0.1) is 0 Å². The molecule has 23 heavy (non-hydrogen) atoms. The number of rotatable bonds is 9. The molecule has 0 heterocycles. The van der Waals surface area contributed by atoms with E-state index in [9.17, 15) is 13.2 Å². The van der Waals surface area contributed by atoms with Crippen LogP contribution in [0.1, 0.15) is 18.9 Å². The van der Waals surface area contributed by atoms with Gasteiger partial charge in [-0.15, -0.1) is 0 Å². The number of nitrogens with zero attached hydrogens (tertiary/aromatic N) is 2. The molecular weight excluding hydrogens is 314 g/mol. The van der Waals surface area contributed by atoms with E-state index in [1.807, 2.05) is 44.1 Å². The van der Waals surface area contributed by atoms with Gasteiger partial charge in [0, 0.05) is 26.1 Å². The van der Waals surface area contributed by atoms with Crippen molar-refractivity contribution in [3.63, 3.8) is 0 Å². The van der Waals surface area contributed by atoms with Crippen LogP contribution in [0.15, 0.2) is 24.3 Å². The number of hydrogen-bond donors (Lipinski definition) is 1. The standard InChI is InChI=1S/C16H27N3O3S/c1-5-14-8-6-7-9-15(14)19(23(4,21)22)12-10-16(20)17-11-13-18(2)3/h6-9H,5,10-13H2,1-4H3,(H,17,20). The summed E-state index contributed by atoms with van der Waals surface area (Å²) in [6.45, 7) is 3.42. The third kappa shape index (κ3) is 6.58. The summed E-state index contributed by atoms with van der Waals surface area (Å²) in [4.78, 5) is 13.9. The largest absolute Gasteiger partial charge is 0.355 e. The number of benzene rings is 1. The molecule has 0 saturated heterocycles. The lowest BCUT2D eigenvalue weighted by Crippen LogP contribution is -2.36. The van der Waals surface area contributed by atoms with Crippen molar-refractivity contribution in [3.8, 4) is 0 Å². The molecule has 0 saturated carbocycles. The lowest BCUT2D eigenvalue weighted by Gasteiger charge is -2.24. The van der Waals surface area contributed by atoms with Crippen molar-refractivity contribution in [1.29, 1.82) is 0 Å². The summed E-state index contributed by atoms with van der Waals surface area (Å²) in [5.41, 5.74) is 1.60. The van der Waals surface area contributed by atoms with E-state index in [2.05, 4.69) is 5.32 Å². The maximum atomic E-state index is 12.1. The molecule has 0 unspecified atom stereocenters. The number of carbonyl (C=O) groups excluding carboxylic acids is 1. The van der Waals surface area contributed by atoms with Crippen molar-refractivity contribution < 1.29 is 13.2 Å². The van der Waals surface area contributed by atoms with Crippen LogP contribution in [0.25, 0.3) is 0 Å². The van der Waals surface area contributed by atoms with Crippen molar-refractivity contribution in [2.24, 2.45) is 0 Å². The summed E-state index contributed by atoms with van der Waals surface area (Å²) < 4.78 is 25.5. The lowest BCUT2D eigenvalue weighted by molar-refractivity contribution is -0.120. The van der Waals surface area contributed by atoms with Gasteiger partial charge in [0.25, 0.3) is 0 Å². The van der Waals surface area contributed by atoms with Crippen LogP contribution in [0.2, 0.25) is 0 Å². The predicted octanol–water partition coefficient (Wildman–Crippen LogP) is 1.08. The first-order valence-corrected chi connectivity index (χ1v) is 9.57. The highest BCUT2D eigenvalue weighted by Gasteiger charge is 2.20. The smallest absolute Gasteiger partial charge is 0.232 e. The number of para-hydroxylation sites is 1. The molecule has 0 aliphatic heterocycles. The molecule has 1 N–H and O–H groups in total. The maximum Gasteiger partial charge on any atom is 0.232 e. The second kappa shape index (κ2) is 8.88. The summed E-state index contributed by atoms with van der Waals surface area (Å²) in [6, 6.07) is 7.38. The van der Waals surface area contributed by atoms with Gasteiger partial charge in [0.2, 0.25) is 15.9 Å². The number of aryl methyl sites for hydroxylation is 1. The van der Waals surface area contributed by atoms with Crippen LogP contribution in [0.5, 0.6) is 0 Å². The number of hydrogen-bond acceptors (Lipinski definition) is 4. The Kier molecular flexibility index (Phi) is 7.51. The average Bonchev–Trinajstić information content (AvgIpc) is 2.46. The van der Waals surface area contributed by atoms with Gasteiger partial charge in [0.15, 0.2) is 0 Å². The van der Waals surface area contributed by atoms with Gasteiger partial charge in [-0.25, -0.2) is 8.42 Å². The Balaban J connectivity index is 2.76. The summed E-state index contributed by atoms with van der Waals surface area (Å²) in [6.07, 6.45) is 2.04. The van der Waals surface area contributed by atoms with E-state index in [1.54, 1.807) is 6.07 Å². The third-order valence-corrected chi connectivity index (χ3v) is 4.64. The maximum absolute atomic E-state index is 12.1. The summed E-state index contributed by atoms with van der Waals surface area (Å²) in [7, 11) is 0.425. The molecule has 1 aromatic carbocycles. The van der Waals surface area contributed by atoms with E-state index >= 15 is 0 Å². The number of sulfonamides is 1. The van der Waals surface area contributed by atoms with E-state index in [1.165, 1.54) is 10.6 Å². The second-order valence-electron chi connectivity index (χ2n) is 5.72. The SMILES string of the molecule is CCc1ccccc1N(CCC(=O)NCCN(C)C)S(C)(=O)=O. The molecule has 0 aromatic heterocycles. The summed E-state index contributed by atoms with van der Waals surface area (Å²) >= 11 is 0. The summed E-state index contributed by atoms with van der Waals surface area (Å²) in [5, 5.41) is 2.80. The molecule has 1 amide bonds. The molecule has 1 rings (SSSR count). The fraction of sp³-hybridized carbons (Fsp3) is 0.562. The molecular formula is C16H27N3O3S. The first-order chi connectivity index (χ1) is 10.8. The monoisotopic (exact) mass is 341 g/mol. The van der Waals surface area contributed by atoms with Gasteiger partial charge in [0.1, 0.15) is 0 Å². The Hall–Kier alpha value is -1.60. The zero-order chi connectivity index (χ0) is 17.5. The van der Waals surface area contributed by atoms with Crippen LogP contribution >= 0.6 is 0 Å². The molecule has 6 nitrogen and oxygen atoms in total. The minimum Gasteiger partial charge on any atom is -0.355 e. The van der Waals surface area contributed by atoms with Gasteiger partial charge in [-0.2, -0.15) is 0 Å². The van der Waals surface area contributed by atoms with Gasteiger partial charge >= 0.3 is 0 Å². The minimum absolute atomic E-state index is 0.137. The van der Waals surface area contributed by atoms with Crippen molar-refractivity contribution in [2.75, 3.05) is 44.3 Å². The quantitative estimate of drug-likeness (QED) is 0.730. The fourth-order valence-corrected chi connectivity index (χ4v) is 3.19. The van der Waals surface area contributed by atoms with Crippen LogP contribution in [-0.4, -0.2) is 59.2 Å². The zero-order valence-electron chi connectivity index (χ0n) is 14.4. The second-order valence-corrected chi connectivity index (χ2v) is 7.63. The first kappa shape index (κ1) is 19.4. The minimum atomic E-state index is -3.44. The normalized spacial score (nSPS) is 11.5. The molecule has 0 aliphatic carbocycles. The Morgan fingerprint density at radius 1 is 1.17 bits per heavy atom. The zero-order valence-corrected chi connectivity index (χ0v) is 15.2. The molecule has 1 aromatic rings. The molecule has 0 bridgehead atoms. The van der Waals surface area contributed by atoms with E-state index in [-0.39, 0.29) is 18.9 Å². The van der Waals surface area contributed by atoms with Gasteiger partial charge in [-0.05, 0) is 32.1 Å². The van der Waals surface area contributed by atoms with E-state index < -0.39 is 10.0 Å². The predicted molar refractivity (Wildman–Crippen MR) is 94.2 cm³/mol. The topological polar surface area (TPSA) is 69.7 Å². The lowest BCUT2D eigenvalue weighted by atomic mass is 10.1. The molecule has 7 heteroatoms. The summed E-state index contributed by atoms with van der Waals surface area (Å²) in [5.74, 6) is -0.144. The third-order valence-electron chi connectivity index (χ3n) is 3.46. The van der Waals surface area contributed by atoms with E-state index in [0.29, 0.717) is 12.2 Å². The first-order valence-electron chi connectivity index (χ1n) is 7.72. The molecule has 0 spiro atoms. The molecule has 0 aliphatic rings. The molecule has 130 valence electrons. The van der Waals surface area contributed by atoms with Gasteiger partial charge in [-0.3, -0.25) is 9.10 Å². The highest BCUT2D eigenvalue weighted by Crippen LogP contribution is 2.23.